The lowest BCUT2D eigenvalue weighted by atomic mass is 9.86. The van der Waals surface area contributed by atoms with Gasteiger partial charge in [0.05, 0.1) is 12.0 Å². The van der Waals surface area contributed by atoms with Crippen LogP contribution in [0.2, 0.25) is 0 Å². The van der Waals surface area contributed by atoms with Gasteiger partial charge in [0.2, 0.25) is 0 Å². The first-order chi connectivity index (χ1) is 17.8. The number of ether oxygens (including phenoxy) is 1. The fourth-order valence-electron chi connectivity index (χ4n) is 4.17. The molecular weight excluding hydrogens is 462 g/mol. The first-order valence-corrected chi connectivity index (χ1v) is 12.3. The van der Waals surface area contributed by atoms with Gasteiger partial charge in [0, 0.05) is 23.5 Å². The standard InChI is InChI=1S/C32H31NO4/c1-32(2,3)37-31(35)30(33-29(24-16-9-5-10-17-24)25-18-11-6-12-19-25)26(23-14-7-4-8-15-23)22-27(34)28-20-13-21-36-28/h4-21,26,30H,22H2,1-3H3/t26-,30+/m0/s1. The van der Waals surface area contributed by atoms with E-state index in [0.29, 0.717) is 5.71 Å². The first-order valence-electron chi connectivity index (χ1n) is 12.3. The molecule has 0 spiro atoms. The van der Waals surface area contributed by atoms with Gasteiger partial charge in [0.1, 0.15) is 5.60 Å². The van der Waals surface area contributed by atoms with Gasteiger partial charge in [-0.2, -0.15) is 0 Å². The van der Waals surface area contributed by atoms with Crippen LogP contribution >= 0.6 is 0 Å². The van der Waals surface area contributed by atoms with E-state index in [0.717, 1.165) is 16.7 Å². The molecule has 1 heterocycles. The minimum atomic E-state index is -0.976. The second-order valence-corrected chi connectivity index (χ2v) is 9.81. The lowest BCUT2D eigenvalue weighted by molar-refractivity contribution is -0.156. The highest BCUT2D eigenvalue weighted by atomic mass is 16.6. The summed E-state index contributed by atoms with van der Waals surface area (Å²) < 4.78 is 11.2. The Hall–Kier alpha value is -4.25. The van der Waals surface area contributed by atoms with Gasteiger partial charge >= 0.3 is 5.97 Å². The van der Waals surface area contributed by atoms with E-state index in [1.54, 1.807) is 12.1 Å². The Bertz CT molecular complexity index is 1280. The maximum absolute atomic E-state index is 13.8. The molecule has 0 unspecified atom stereocenters. The van der Waals surface area contributed by atoms with Crippen molar-refractivity contribution in [2.45, 2.75) is 44.8 Å². The van der Waals surface area contributed by atoms with Gasteiger partial charge in [-0.3, -0.25) is 9.79 Å². The third kappa shape index (κ3) is 6.91. The number of carbonyl (C=O) groups excluding carboxylic acids is 2. The fraction of sp³-hybridized carbons (Fsp3) is 0.219. The molecule has 0 saturated heterocycles. The molecule has 3 aromatic carbocycles. The lowest BCUT2D eigenvalue weighted by Crippen LogP contribution is -2.36. The van der Waals surface area contributed by atoms with Crippen molar-refractivity contribution in [2.75, 3.05) is 0 Å². The molecule has 0 fully saturated rings. The molecule has 0 aliphatic rings. The number of nitrogens with zero attached hydrogens (tertiary/aromatic N) is 1. The monoisotopic (exact) mass is 493 g/mol. The van der Waals surface area contributed by atoms with Crippen LogP contribution < -0.4 is 0 Å². The average Bonchev–Trinajstić information content (AvgIpc) is 3.44. The van der Waals surface area contributed by atoms with Crippen LogP contribution in [-0.2, 0) is 9.53 Å². The molecule has 0 bridgehead atoms. The van der Waals surface area contributed by atoms with E-state index in [4.69, 9.17) is 14.1 Å². The SMILES string of the molecule is CC(C)(C)OC(=O)[C@H](N=C(c1ccccc1)c1ccccc1)[C@@H](CC(=O)c1ccco1)c1ccccc1. The molecule has 0 saturated carbocycles. The molecule has 2 atom stereocenters. The van der Waals surface area contributed by atoms with E-state index in [1.165, 1.54) is 6.26 Å². The topological polar surface area (TPSA) is 68.9 Å². The van der Waals surface area contributed by atoms with Crippen LogP contribution in [0.15, 0.2) is 119 Å². The molecule has 4 rings (SSSR count). The van der Waals surface area contributed by atoms with Crippen molar-refractivity contribution in [2.24, 2.45) is 4.99 Å². The van der Waals surface area contributed by atoms with Crippen molar-refractivity contribution < 1.29 is 18.7 Å². The van der Waals surface area contributed by atoms with Crippen molar-refractivity contribution in [3.63, 3.8) is 0 Å². The summed E-state index contributed by atoms with van der Waals surface area (Å²) >= 11 is 0. The Labute approximate surface area is 217 Å². The first kappa shape index (κ1) is 25.8. The summed E-state index contributed by atoms with van der Waals surface area (Å²) in [6.07, 6.45) is 1.50. The molecule has 5 nitrogen and oxygen atoms in total. The zero-order valence-corrected chi connectivity index (χ0v) is 21.3. The van der Waals surface area contributed by atoms with Crippen molar-refractivity contribution >= 4 is 17.5 Å². The Balaban J connectivity index is 1.88. The number of esters is 1. The molecule has 5 heteroatoms. The highest BCUT2D eigenvalue weighted by Gasteiger charge is 2.35. The normalized spacial score (nSPS) is 12.8. The minimum absolute atomic E-state index is 0.0296. The van der Waals surface area contributed by atoms with Gasteiger partial charge in [-0.05, 0) is 38.5 Å². The number of aliphatic imine (C=N–C) groups is 1. The van der Waals surface area contributed by atoms with Gasteiger partial charge in [-0.15, -0.1) is 0 Å². The summed E-state index contributed by atoms with van der Waals surface area (Å²) in [6, 6.07) is 31.3. The van der Waals surface area contributed by atoms with Crippen molar-refractivity contribution in [3.05, 3.63) is 132 Å². The van der Waals surface area contributed by atoms with E-state index in [2.05, 4.69) is 0 Å². The largest absolute Gasteiger partial charge is 0.461 e. The van der Waals surface area contributed by atoms with E-state index < -0.39 is 23.5 Å². The molecule has 0 amide bonds. The van der Waals surface area contributed by atoms with Gasteiger partial charge in [-0.25, -0.2) is 4.79 Å². The van der Waals surface area contributed by atoms with E-state index in [1.807, 2.05) is 112 Å². The zero-order chi connectivity index (χ0) is 26.3. The van der Waals surface area contributed by atoms with Gasteiger partial charge in [0.25, 0.3) is 0 Å². The number of hydrogen-bond donors (Lipinski definition) is 0. The Morgan fingerprint density at radius 3 is 1.81 bits per heavy atom. The second-order valence-electron chi connectivity index (χ2n) is 9.81. The Kier molecular flexibility index (Phi) is 8.14. The van der Waals surface area contributed by atoms with Crippen molar-refractivity contribution in [1.82, 2.24) is 0 Å². The van der Waals surface area contributed by atoms with Crippen LogP contribution in [-0.4, -0.2) is 29.1 Å². The second kappa shape index (κ2) is 11.7. The highest BCUT2D eigenvalue weighted by Crippen LogP contribution is 2.31. The van der Waals surface area contributed by atoms with Gasteiger partial charge in [0.15, 0.2) is 17.6 Å². The number of hydrogen-bond acceptors (Lipinski definition) is 5. The predicted octanol–water partition coefficient (Wildman–Crippen LogP) is 6.88. The van der Waals surface area contributed by atoms with Crippen LogP contribution in [0.1, 0.15) is 60.4 Å². The highest BCUT2D eigenvalue weighted by molar-refractivity contribution is 6.13. The Morgan fingerprint density at radius 2 is 1.32 bits per heavy atom. The van der Waals surface area contributed by atoms with Crippen molar-refractivity contribution in [1.29, 1.82) is 0 Å². The molecule has 0 N–H and O–H groups in total. The number of carbonyl (C=O) groups is 2. The van der Waals surface area contributed by atoms with Crippen LogP contribution in [0.4, 0.5) is 0 Å². The Morgan fingerprint density at radius 1 is 0.784 bits per heavy atom. The maximum Gasteiger partial charge on any atom is 0.332 e. The van der Waals surface area contributed by atoms with Crippen LogP contribution in [0.3, 0.4) is 0 Å². The average molecular weight is 494 g/mol. The summed E-state index contributed by atoms with van der Waals surface area (Å²) in [6.45, 7) is 5.48. The van der Waals surface area contributed by atoms with E-state index in [-0.39, 0.29) is 18.0 Å². The predicted molar refractivity (Wildman–Crippen MR) is 145 cm³/mol. The summed E-state index contributed by atoms with van der Waals surface area (Å²) in [4.78, 5) is 32.1. The molecule has 0 radical (unpaired) electrons. The number of ketones is 1. The minimum Gasteiger partial charge on any atom is -0.461 e. The van der Waals surface area contributed by atoms with Crippen LogP contribution in [0.5, 0.6) is 0 Å². The smallest absolute Gasteiger partial charge is 0.332 e. The van der Waals surface area contributed by atoms with Gasteiger partial charge in [-0.1, -0.05) is 91.0 Å². The molecule has 4 aromatic rings. The summed E-state index contributed by atoms with van der Waals surface area (Å²) in [7, 11) is 0. The molecule has 37 heavy (non-hydrogen) atoms. The number of Topliss-reactive ketones (excluding diaryl/α,β-unsaturated/α-hetero) is 1. The van der Waals surface area contributed by atoms with E-state index >= 15 is 0 Å². The third-order valence-corrected chi connectivity index (χ3v) is 5.82. The zero-order valence-electron chi connectivity index (χ0n) is 21.3. The molecule has 1 aromatic heterocycles. The lowest BCUT2D eigenvalue weighted by Gasteiger charge is -2.28. The summed E-state index contributed by atoms with van der Waals surface area (Å²) in [5.41, 5.74) is 2.49. The molecule has 0 aliphatic heterocycles. The van der Waals surface area contributed by atoms with Crippen molar-refractivity contribution in [3.8, 4) is 0 Å². The third-order valence-electron chi connectivity index (χ3n) is 5.82. The van der Waals surface area contributed by atoms with E-state index in [9.17, 15) is 9.59 Å². The number of rotatable bonds is 9. The van der Waals surface area contributed by atoms with Crippen LogP contribution in [0.25, 0.3) is 0 Å². The maximum atomic E-state index is 13.8. The summed E-state index contributed by atoms with van der Waals surface area (Å²) in [5, 5.41) is 0. The van der Waals surface area contributed by atoms with Gasteiger partial charge < -0.3 is 9.15 Å². The molecule has 0 aliphatic carbocycles. The number of furan rings is 1. The summed E-state index contributed by atoms with van der Waals surface area (Å²) in [5.74, 6) is -1.02. The van der Waals surface area contributed by atoms with Crippen LogP contribution in [0, 0.1) is 0 Å². The molecular formula is C32H31NO4. The fourth-order valence-corrected chi connectivity index (χ4v) is 4.17. The number of benzene rings is 3. The molecule has 188 valence electrons. The quantitative estimate of drug-likeness (QED) is 0.145.